The van der Waals surface area contributed by atoms with Gasteiger partial charge in [-0.2, -0.15) is 0 Å². The topological polar surface area (TPSA) is 64.0 Å². The molecule has 1 amide bonds. The van der Waals surface area contributed by atoms with Crippen LogP contribution in [0.4, 0.5) is 5.69 Å². The van der Waals surface area contributed by atoms with E-state index in [9.17, 15) is 9.59 Å². The molecular formula is C22H16BrN3O2. The first-order chi connectivity index (χ1) is 13.5. The first kappa shape index (κ1) is 18.1. The number of carbonyl (C=O) groups is 1. The largest absolute Gasteiger partial charge is 0.322 e. The molecule has 0 fully saturated rings. The number of anilines is 1. The predicted octanol–water partition coefficient (Wildman–Crippen LogP) is 4.71. The average Bonchev–Trinajstić information content (AvgIpc) is 2.68. The van der Waals surface area contributed by atoms with Gasteiger partial charge in [0.1, 0.15) is 5.82 Å². The Morgan fingerprint density at radius 1 is 1.00 bits per heavy atom. The molecule has 4 rings (SSSR count). The number of fused-ring (bicyclic) bond motifs is 1. The Hall–Kier alpha value is -3.25. The van der Waals surface area contributed by atoms with Crippen LogP contribution in [-0.2, 0) is 0 Å². The van der Waals surface area contributed by atoms with Crippen molar-refractivity contribution in [1.29, 1.82) is 0 Å². The minimum atomic E-state index is -0.217. The number of benzene rings is 3. The minimum absolute atomic E-state index is 0.130. The molecule has 3 aromatic carbocycles. The fourth-order valence-electron chi connectivity index (χ4n) is 3.08. The zero-order valence-corrected chi connectivity index (χ0v) is 16.6. The quantitative estimate of drug-likeness (QED) is 0.508. The summed E-state index contributed by atoms with van der Waals surface area (Å²) in [5, 5.41) is 3.42. The molecule has 1 aromatic heterocycles. The number of amides is 1. The molecule has 28 heavy (non-hydrogen) atoms. The summed E-state index contributed by atoms with van der Waals surface area (Å²) in [6.07, 6.45) is 0. The van der Waals surface area contributed by atoms with Crippen LogP contribution in [0.15, 0.2) is 82.1 Å². The Morgan fingerprint density at radius 3 is 2.50 bits per heavy atom. The molecule has 1 heterocycles. The third kappa shape index (κ3) is 3.46. The van der Waals surface area contributed by atoms with Crippen LogP contribution in [0.2, 0.25) is 0 Å². The van der Waals surface area contributed by atoms with Gasteiger partial charge in [0.25, 0.3) is 11.5 Å². The number of para-hydroxylation sites is 1. The lowest BCUT2D eigenvalue weighted by Gasteiger charge is -2.11. The summed E-state index contributed by atoms with van der Waals surface area (Å²) < 4.78 is 2.44. The lowest BCUT2D eigenvalue weighted by molar-refractivity contribution is 0.102. The van der Waals surface area contributed by atoms with Crippen LogP contribution in [0.25, 0.3) is 16.6 Å². The lowest BCUT2D eigenvalue weighted by atomic mass is 10.1. The molecule has 6 heteroatoms. The Morgan fingerprint density at radius 2 is 1.75 bits per heavy atom. The Bertz CT molecular complexity index is 1250. The van der Waals surface area contributed by atoms with Crippen molar-refractivity contribution >= 4 is 38.4 Å². The van der Waals surface area contributed by atoms with Gasteiger partial charge in [-0.05, 0) is 61.5 Å². The number of rotatable bonds is 3. The smallest absolute Gasteiger partial charge is 0.265 e. The van der Waals surface area contributed by atoms with Gasteiger partial charge in [0.2, 0.25) is 0 Å². The van der Waals surface area contributed by atoms with E-state index in [0.29, 0.717) is 33.7 Å². The van der Waals surface area contributed by atoms with Gasteiger partial charge >= 0.3 is 0 Å². The van der Waals surface area contributed by atoms with Crippen molar-refractivity contribution in [2.24, 2.45) is 0 Å². The highest BCUT2D eigenvalue weighted by Crippen LogP contribution is 2.18. The molecular weight excluding hydrogens is 418 g/mol. The minimum Gasteiger partial charge on any atom is -0.322 e. The van der Waals surface area contributed by atoms with E-state index in [1.165, 1.54) is 0 Å². The van der Waals surface area contributed by atoms with Gasteiger partial charge in [0.05, 0.1) is 16.6 Å². The summed E-state index contributed by atoms with van der Waals surface area (Å²) in [6.45, 7) is 1.79. The van der Waals surface area contributed by atoms with Crippen LogP contribution in [0.1, 0.15) is 16.2 Å². The standard InChI is InChI=1S/C22H16BrN3O2/c1-14-24-20-8-3-2-7-19(20)22(28)26(14)18-11-9-15(10-12-18)21(27)25-17-6-4-5-16(23)13-17/h2-13H,1H3,(H,25,27). The zero-order chi connectivity index (χ0) is 19.7. The maximum absolute atomic E-state index is 12.9. The lowest BCUT2D eigenvalue weighted by Crippen LogP contribution is -2.22. The van der Waals surface area contributed by atoms with E-state index < -0.39 is 0 Å². The van der Waals surface area contributed by atoms with E-state index >= 15 is 0 Å². The van der Waals surface area contributed by atoms with Crippen molar-refractivity contribution in [3.05, 3.63) is 99.0 Å². The van der Waals surface area contributed by atoms with Gasteiger partial charge in [-0.25, -0.2) is 4.98 Å². The van der Waals surface area contributed by atoms with Crippen LogP contribution < -0.4 is 10.9 Å². The summed E-state index contributed by atoms with van der Waals surface area (Å²) in [4.78, 5) is 29.9. The Labute approximate surface area is 169 Å². The molecule has 0 aliphatic heterocycles. The predicted molar refractivity (Wildman–Crippen MR) is 114 cm³/mol. The molecule has 0 saturated carbocycles. The van der Waals surface area contributed by atoms with Gasteiger partial charge in [0.15, 0.2) is 0 Å². The summed E-state index contributed by atoms with van der Waals surface area (Å²) in [6, 6.07) is 21.6. The van der Waals surface area contributed by atoms with Crippen molar-refractivity contribution < 1.29 is 4.79 Å². The number of hydrogen-bond acceptors (Lipinski definition) is 3. The molecule has 0 radical (unpaired) electrons. The van der Waals surface area contributed by atoms with Crippen LogP contribution >= 0.6 is 15.9 Å². The first-order valence-corrected chi connectivity index (χ1v) is 9.48. The second-order valence-corrected chi connectivity index (χ2v) is 7.24. The van der Waals surface area contributed by atoms with Crippen LogP contribution in [0.3, 0.4) is 0 Å². The molecule has 0 spiro atoms. The van der Waals surface area contributed by atoms with Gasteiger partial charge in [-0.1, -0.05) is 34.1 Å². The average molecular weight is 434 g/mol. The molecule has 0 aliphatic carbocycles. The van der Waals surface area contributed by atoms with Crippen molar-refractivity contribution in [3.8, 4) is 5.69 Å². The van der Waals surface area contributed by atoms with Gasteiger partial charge in [0, 0.05) is 15.7 Å². The number of nitrogens with zero attached hydrogens (tertiary/aromatic N) is 2. The first-order valence-electron chi connectivity index (χ1n) is 8.69. The van der Waals surface area contributed by atoms with E-state index in [2.05, 4.69) is 26.2 Å². The Kier molecular flexibility index (Phi) is 4.79. The van der Waals surface area contributed by atoms with Gasteiger partial charge < -0.3 is 5.32 Å². The van der Waals surface area contributed by atoms with Gasteiger partial charge in [-0.15, -0.1) is 0 Å². The highest BCUT2D eigenvalue weighted by Gasteiger charge is 2.11. The van der Waals surface area contributed by atoms with E-state index in [1.54, 1.807) is 41.8 Å². The van der Waals surface area contributed by atoms with E-state index in [4.69, 9.17) is 0 Å². The van der Waals surface area contributed by atoms with Crippen molar-refractivity contribution in [2.75, 3.05) is 5.32 Å². The Balaban J connectivity index is 1.66. The molecule has 0 atom stereocenters. The van der Waals surface area contributed by atoms with Gasteiger partial charge in [-0.3, -0.25) is 14.2 Å². The molecule has 0 bridgehead atoms. The summed E-state index contributed by atoms with van der Waals surface area (Å²) in [7, 11) is 0. The molecule has 0 saturated heterocycles. The van der Waals surface area contributed by atoms with E-state index in [1.807, 2.05) is 42.5 Å². The van der Waals surface area contributed by atoms with Crippen molar-refractivity contribution in [2.45, 2.75) is 6.92 Å². The second-order valence-electron chi connectivity index (χ2n) is 6.33. The normalized spacial score (nSPS) is 10.8. The summed E-state index contributed by atoms with van der Waals surface area (Å²) in [5.74, 6) is 0.375. The van der Waals surface area contributed by atoms with Crippen LogP contribution in [0.5, 0.6) is 0 Å². The van der Waals surface area contributed by atoms with E-state index in [-0.39, 0.29) is 11.5 Å². The number of halogens is 1. The monoisotopic (exact) mass is 433 g/mol. The molecule has 1 N–H and O–H groups in total. The third-order valence-corrected chi connectivity index (χ3v) is 4.91. The number of carbonyl (C=O) groups excluding carboxylic acids is 1. The number of aryl methyl sites for hydroxylation is 1. The van der Waals surface area contributed by atoms with Crippen molar-refractivity contribution in [1.82, 2.24) is 9.55 Å². The molecule has 4 aromatic rings. The highest BCUT2D eigenvalue weighted by molar-refractivity contribution is 9.10. The fourth-order valence-corrected chi connectivity index (χ4v) is 3.48. The maximum atomic E-state index is 12.9. The van der Waals surface area contributed by atoms with Crippen LogP contribution in [0, 0.1) is 6.92 Å². The zero-order valence-electron chi connectivity index (χ0n) is 15.0. The highest BCUT2D eigenvalue weighted by atomic mass is 79.9. The van der Waals surface area contributed by atoms with Crippen molar-refractivity contribution in [3.63, 3.8) is 0 Å². The molecule has 5 nitrogen and oxygen atoms in total. The fraction of sp³-hybridized carbons (Fsp3) is 0.0455. The molecule has 0 unspecified atom stereocenters. The van der Waals surface area contributed by atoms with E-state index in [0.717, 1.165) is 4.47 Å². The number of aromatic nitrogens is 2. The molecule has 138 valence electrons. The number of nitrogens with one attached hydrogen (secondary N) is 1. The maximum Gasteiger partial charge on any atom is 0.265 e. The summed E-state index contributed by atoms with van der Waals surface area (Å²) in [5.41, 5.74) is 2.41. The third-order valence-electron chi connectivity index (χ3n) is 4.41. The molecule has 0 aliphatic rings. The SMILES string of the molecule is Cc1nc2ccccc2c(=O)n1-c1ccc(C(=O)Nc2cccc(Br)c2)cc1. The van der Waals surface area contributed by atoms with Crippen LogP contribution in [-0.4, -0.2) is 15.5 Å². The second kappa shape index (κ2) is 7.40. The summed E-state index contributed by atoms with van der Waals surface area (Å²) >= 11 is 3.38. The number of hydrogen-bond donors (Lipinski definition) is 1.